The van der Waals surface area contributed by atoms with Gasteiger partial charge in [0.1, 0.15) is 17.9 Å². The van der Waals surface area contributed by atoms with Crippen LogP contribution < -0.4 is 10.1 Å². The predicted octanol–water partition coefficient (Wildman–Crippen LogP) is 1.80. The fourth-order valence-corrected chi connectivity index (χ4v) is 4.45. The second kappa shape index (κ2) is 9.43. The minimum absolute atomic E-state index is 0.00983. The van der Waals surface area contributed by atoms with Gasteiger partial charge >= 0.3 is 6.03 Å². The van der Waals surface area contributed by atoms with Crippen LogP contribution in [0.1, 0.15) is 38.5 Å². The molecule has 0 aromatic carbocycles. The van der Waals surface area contributed by atoms with Crippen molar-refractivity contribution in [3.63, 3.8) is 0 Å². The topological polar surface area (TPSA) is 84.0 Å². The Bertz CT molecular complexity index is 689. The predicted molar refractivity (Wildman–Crippen MR) is 107 cm³/mol. The Morgan fingerprint density at radius 1 is 1.17 bits per heavy atom. The van der Waals surface area contributed by atoms with Crippen LogP contribution in [-0.2, 0) is 9.53 Å². The van der Waals surface area contributed by atoms with Crippen LogP contribution in [0.25, 0.3) is 0 Å². The molecule has 3 heterocycles. The van der Waals surface area contributed by atoms with Gasteiger partial charge in [-0.25, -0.2) is 4.79 Å². The Morgan fingerprint density at radius 2 is 1.97 bits per heavy atom. The van der Waals surface area contributed by atoms with Crippen molar-refractivity contribution in [2.24, 2.45) is 0 Å². The van der Waals surface area contributed by atoms with E-state index >= 15 is 0 Å². The number of likely N-dealkylation sites (tertiary alicyclic amines) is 1. The highest BCUT2D eigenvalue weighted by Gasteiger charge is 2.43. The number of hydrogen-bond acceptors (Lipinski definition) is 5. The Hall–Kier alpha value is -2.35. The molecule has 1 aliphatic carbocycles. The van der Waals surface area contributed by atoms with Crippen molar-refractivity contribution in [3.05, 3.63) is 24.5 Å². The molecule has 2 saturated heterocycles. The monoisotopic (exact) mass is 402 g/mol. The average molecular weight is 402 g/mol. The number of nitrogens with zero attached hydrogens (tertiary/aromatic N) is 3. The molecule has 2 atom stereocenters. The molecule has 0 radical (unpaired) electrons. The van der Waals surface area contributed by atoms with Gasteiger partial charge in [-0.15, -0.1) is 0 Å². The molecular weight excluding hydrogens is 372 g/mol. The van der Waals surface area contributed by atoms with Gasteiger partial charge in [0.25, 0.3) is 0 Å². The third-order valence-electron chi connectivity index (χ3n) is 6.00. The van der Waals surface area contributed by atoms with Gasteiger partial charge in [0, 0.05) is 31.7 Å². The molecule has 1 aromatic heterocycles. The summed E-state index contributed by atoms with van der Waals surface area (Å²) in [6, 6.07) is 3.21. The molecule has 3 amide bonds. The van der Waals surface area contributed by atoms with Crippen molar-refractivity contribution >= 4 is 11.9 Å². The molecule has 0 unspecified atom stereocenters. The van der Waals surface area contributed by atoms with E-state index in [1.807, 2.05) is 17.0 Å². The lowest BCUT2D eigenvalue weighted by atomic mass is 9.96. The first-order chi connectivity index (χ1) is 14.2. The molecule has 8 nitrogen and oxygen atoms in total. The summed E-state index contributed by atoms with van der Waals surface area (Å²) >= 11 is 0. The molecule has 1 saturated carbocycles. The maximum atomic E-state index is 13.2. The van der Waals surface area contributed by atoms with E-state index in [0.29, 0.717) is 45.0 Å². The Labute approximate surface area is 171 Å². The quantitative estimate of drug-likeness (QED) is 0.830. The van der Waals surface area contributed by atoms with Gasteiger partial charge in [0.05, 0.1) is 26.0 Å². The van der Waals surface area contributed by atoms with Crippen molar-refractivity contribution in [2.45, 2.75) is 56.7 Å². The molecule has 3 fully saturated rings. The number of aromatic nitrogens is 1. The maximum absolute atomic E-state index is 13.2. The first kappa shape index (κ1) is 19.9. The highest BCUT2D eigenvalue weighted by atomic mass is 16.5. The molecule has 3 aliphatic rings. The standard InChI is InChI=1S/C21H30N4O4/c26-20(24-9-11-28-12-10-24)19-13-18(29-17-7-4-8-22-14-17)15-25(19)21(27)23-16-5-2-1-3-6-16/h4,7-8,14,16,18-19H,1-3,5-6,9-13,15H2,(H,23,27)/t18-,19-/m0/s1. The number of nitrogens with one attached hydrogen (secondary N) is 1. The van der Waals surface area contributed by atoms with E-state index in [1.54, 1.807) is 17.3 Å². The van der Waals surface area contributed by atoms with Crippen molar-refractivity contribution < 1.29 is 19.1 Å². The highest BCUT2D eigenvalue weighted by Crippen LogP contribution is 2.26. The molecule has 0 spiro atoms. The fourth-order valence-electron chi connectivity index (χ4n) is 4.45. The smallest absolute Gasteiger partial charge is 0.318 e. The molecule has 0 bridgehead atoms. The summed E-state index contributed by atoms with van der Waals surface area (Å²) in [5, 5.41) is 3.16. The van der Waals surface area contributed by atoms with Crippen LogP contribution in [0.4, 0.5) is 4.79 Å². The molecule has 1 N–H and O–H groups in total. The summed E-state index contributed by atoms with van der Waals surface area (Å²) in [4.78, 5) is 33.8. The van der Waals surface area contributed by atoms with Gasteiger partial charge in [-0.05, 0) is 25.0 Å². The number of morpholine rings is 1. The van der Waals surface area contributed by atoms with E-state index in [0.717, 1.165) is 25.7 Å². The first-order valence-electron chi connectivity index (χ1n) is 10.7. The summed E-state index contributed by atoms with van der Waals surface area (Å²) in [7, 11) is 0. The van der Waals surface area contributed by atoms with E-state index in [1.165, 1.54) is 6.42 Å². The first-order valence-corrected chi connectivity index (χ1v) is 10.7. The van der Waals surface area contributed by atoms with Crippen LogP contribution in [0.15, 0.2) is 24.5 Å². The Kier molecular flexibility index (Phi) is 6.49. The number of ether oxygens (including phenoxy) is 2. The number of urea groups is 1. The molecule has 8 heteroatoms. The van der Waals surface area contributed by atoms with Gasteiger partial charge in [-0.2, -0.15) is 0 Å². The van der Waals surface area contributed by atoms with Crippen LogP contribution in [0.5, 0.6) is 5.75 Å². The van der Waals surface area contributed by atoms with E-state index in [2.05, 4.69) is 10.3 Å². The second-order valence-corrected chi connectivity index (χ2v) is 8.05. The van der Waals surface area contributed by atoms with Crippen molar-refractivity contribution in [1.82, 2.24) is 20.1 Å². The van der Waals surface area contributed by atoms with Gasteiger partial charge in [-0.1, -0.05) is 19.3 Å². The third-order valence-corrected chi connectivity index (χ3v) is 6.00. The number of hydrogen-bond donors (Lipinski definition) is 1. The van der Waals surface area contributed by atoms with E-state index < -0.39 is 6.04 Å². The number of amides is 3. The number of carbonyl (C=O) groups excluding carboxylic acids is 2. The summed E-state index contributed by atoms with van der Waals surface area (Å²) in [6.07, 6.45) is 9.15. The summed E-state index contributed by atoms with van der Waals surface area (Å²) in [6.45, 7) is 2.63. The zero-order valence-corrected chi connectivity index (χ0v) is 16.8. The minimum atomic E-state index is -0.502. The molecule has 158 valence electrons. The van der Waals surface area contributed by atoms with Gasteiger partial charge in [0.15, 0.2) is 0 Å². The van der Waals surface area contributed by atoms with Crippen molar-refractivity contribution in [3.8, 4) is 5.75 Å². The fraction of sp³-hybridized carbons (Fsp3) is 0.667. The lowest BCUT2D eigenvalue weighted by molar-refractivity contribution is -0.139. The molecular formula is C21H30N4O4. The number of carbonyl (C=O) groups is 2. The largest absolute Gasteiger partial charge is 0.487 e. The minimum Gasteiger partial charge on any atom is -0.487 e. The molecule has 4 rings (SSSR count). The highest BCUT2D eigenvalue weighted by molar-refractivity contribution is 5.88. The van der Waals surface area contributed by atoms with Crippen LogP contribution >= 0.6 is 0 Å². The van der Waals surface area contributed by atoms with Crippen molar-refractivity contribution in [2.75, 3.05) is 32.8 Å². The average Bonchev–Trinajstić information content (AvgIpc) is 3.19. The van der Waals surface area contributed by atoms with Gasteiger partial charge in [-0.3, -0.25) is 9.78 Å². The van der Waals surface area contributed by atoms with Crippen LogP contribution in [0, 0.1) is 0 Å². The van der Waals surface area contributed by atoms with E-state index in [-0.39, 0.29) is 24.1 Å². The zero-order valence-electron chi connectivity index (χ0n) is 16.8. The third kappa shape index (κ3) is 4.98. The van der Waals surface area contributed by atoms with Gasteiger partial charge in [0.2, 0.25) is 5.91 Å². The SMILES string of the molecule is O=C([C@@H]1C[C@H](Oc2cccnc2)CN1C(=O)NC1CCCCC1)N1CCOCC1. The molecule has 1 aromatic rings. The molecule has 2 aliphatic heterocycles. The lowest BCUT2D eigenvalue weighted by Crippen LogP contribution is -2.54. The van der Waals surface area contributed by atoms with Crippen molar-refractivity contribution in [1.29, 1.82) is 0 Å². The van der Waals surface area contributed by atoms with Crippen LogP contribution in [-0.4, -0.2) is 77.8 Å². The molecule has 29 heavy (non-hydrogen) atoms. The van der Waals surface area contributed by atoms with Crippen LogP contribution in [0.3, 0.4) is 0 Å². The van der Waals surface area contributed by atoms with E-state index in [4.69, 9.17) is 9.47 Å². The summed E-state index contributed by atoms with van der Waals surface area (Å²) < 4.78 is 11.4. The maximum Gasteiger partial charge on any atom is 0.318 e. The van der Waals surface area contributed by atoms with Gasteiger partial charge < -0.3 is 24.6 Å². The Morgan fingerprint density at radius 3 is 2.69 bits per heavy atom. The number of rotatable bonds is 4. The second-order valence-electron chi connectivity index (χ2n) is 8.05. The zero-order chi connectivity index (χ0) is 20.1. The number of pyridine rings is 1. The Balaban J connectivity index is 1.45. The van der Waals surface area contributed by atoms with Crippen LogP contribution in [0.2, 0.25) is 0 Å². The normalized spacial score (nSPS) is 25.7. The lowest BCUT2D eigenvalue weighted by Gasteiger charge is -2.33. The summed E-state index contributed by atoms with van der Waals surface area (Å²) in [5.41, 5.74) is 0. The summed E-state index contributed by atoms with van der Waals surface area (Å²) in [5.74, 6) is 0.647. The van der Waals surface area contributed by atoms with E-state index in [9.17, 15) is 9.59 Å².